The molecule has 0 aromatic carbocycles. The molecular weight excluding hydrogens is 238 g/mol. The third-order valence-electron chi connectivity index (χ3n) is 3.95. The van der Waals surface area contributed by atoms with Crippen molar-refractivity contribution in [2.24, 2.45) is 5.73 Å². The molecule has 4 nitrogen and oxygen atoms in total. The monoisotopic (exact) mass is 271 g/mol. The molecule has 0 aromatic rings. The predicted octanol–water partition coefficient (Wildman–Crippen LogP) is 1.55. The highest BCUT2D eigenvalue weighted by Crippen LogP contribution is 2.12. The number of nitrogens with two attached hydrogens (primary N) is 1. The van der Waals surface area contributed by atoms with Gasteiger partial charge in [-0.15, -0.1) is 0 Å². The summed E-state index contributed by atoms with van der Waals surface area (Å²) in [6.07, 6.45) is 5.46. The molecule has 1 heterocycles. The maximum absolute atomic E-state index is 5.99. The molecule has 1 fully saturated rings. The lowest BCUT2D eigenvalue weighted by Gasteiger charge is -2.33. The van der Waals surface area contributed by atoms with Crippen molar-refractivity contribution in [3.8, 4) is 0 Å². The first kappa shape index (κ1) is 16.9. The lowest BCUT2D eigenvalue weighted by molar-refractivity contribution is 0.00383. The van der Waals surface area contributed by atoms with Gasteiger partial charge in [0, 0.05) is 12.6 Å². The fraction of sp³-hybridized carbons (Fsp3) is 1.00. The Balaban J connectivity index is 2.12. The molecule has 0 aromatic heterocycles. The van der Waals surface area contributed by atoms with E-state index in [2.05, 4.69) is 30.7 Å². The summed E-state index contributed by atoms with van der Waals surface area (Å²) in [7, 11) is 2.14. The smallest absolute Gasteiger partial charge is 0.0674 e. The normalized spacial score (nSPS) is 20.7. The maximum Gasteiger partial charge on any atom is 0.0674 e. The Morgan fingerprint density at radius 1 is 1.21 bits per heavy atom. The second-order valence-electron chi connectivity index (χ2n) is 5.99. The topological polar surface area (TPSA) is 41.7 Å². The van der Waals surface area contributed by atoms with Crippen LogP contribution in [0.25, 0.3) is 0 Å². The van der Waals surface area contributed by atoms with Crippen LogP contribution in [0.15, 0.2) is 0 Å². The number of likely N-dealkylation sites (tertiary alicyclic amines) is 1. The maximum atomic E-state index is 5.99. The lowest BCUT2D eigenvalue weighted by atomic mass is 10.1. The van der Waals surface area contributed by atoms with E-state index in [4.69, 9.17) is 10.5 Å². The zero-order chi connectivity index (χ0) is 14.1. The molecule has 1 aliphatic rings. The van der Waals surface area contributed by atoms with Crippen LogP contribution in [0.4, 0.5) is 0 Å². The molecule has 2 atom stereocenters. The first-order valence-corrected chi connectivity index (χ1v) is 7.87. The van der Waals surface area contributed by atoms with E-state index in [-0.39, 0.29) is 0 Å². The first-order chi connectivity index (χ1) is 9.13. The highest BCUT2D eigenvalue weighted by molar-refractivity contribution is 4.71. The molecule has 4 heteroatoms. The summed E-state index contributed by atoms with van der Waals surface area (Å²) in [5, 5.41) is 0. The van der Waals surface area contributed by atoms with Gasteiger partial charge in [0.15, 0.2) is 0 Å². The Morgan fingerprint density at radius 3 is 2.53 bits per heavy atom. The molecule has 2 N–H and O–H groups in total. The SMILES string of the molecule is CC(CN(C)CCCN)OCC(C)N1CCCCC1. The van der Waals surface area contributed by atoms with Crippen molar-refractivity contribution >= 4 is 0 Å². The summed E-state index contributed by atoms with van der Waals surface area (Å²) in [4.78, 5) is 4.87. The average molecular weight is 271 g/mol. The predicted molar refractivity (Wildman–Crippen MR) is 81.5 cm³/mol. The summed E-state index contributed by atoms with van der Waals surface area (Å²) in [6.45, 7) is 10.6. The van der Waals surface area contributed by atoms with Crippen LogP contribution in [0, 0.1) is 0 Å². The quantitative estimate of drug-likeness (QED) is 0.691. The van der Waals surface area contributed by atoms with Crippen molar-refractivity contribution in [2.75, 3.05) is 46.4 Å². The van der Waals surface area contributed by atoms with Gasteiger partial charge in [0.2, 0.25) is 0 Å². The van der Waals surface area contributed by atoms with Crippen molar-refractivity contribution < 1.29 is 4.74 Å². The molecule has 1 aliphatic heterocycles. The van der Waals surface area contributed by atoms with Gasteiger partial charge in [-0.25, -0.2) is 0 Å². The fourth-order valence-corrected chi connectivity index (χ4v) is 2.71. The molecule has 1 rings (SSSR count). The molecule has 2 unspecified atom stereocenters. The van der Waals surface area contributed by atoms with Crippen molar-refractivity contribution in [2.45, 2.75) is 51.7 Å². The zero-order valence-corrected chi connectivity index (χ0v) is 13.1. The molecule has 0 saturated carbocycles. The summed E-state index contributed by atoms with van der Waals surface area (Å²) in [5.41, 5.74) is 5.53. The van der Waals surface area contributed by atoms with E-state index in [0.717, 1.165) is 32.7 Å². The van der Waals surface area contributed by atoms with Gasteiger partial charge in [-0.05, 0) is 66.3 Å². The zero-order valence-electron chi connectivity index (χ0n) is 13.1. The van der Waals surface area contributed by atoms with Gasteiger partial charge in [-0.3, -0.25) is 4.90 Å². The van der Waals surface area contributed by atoms with E-state index in [1.807, 2.05) is 0 Å². The van der Waals surface area contributed by atoms with Gasteiger partial charge in [-0.1, -0.05) is 6.42 Å². The first-order valence-electron chi connectivity index (χ1n) is 7.87. The molecule has 1 saturated heterocycles. The number of hydrogen-bond donors (Lipinski definition) is 1. The standard InChI is InChI=1S/C15H33N3O/c1-14(18-10-5-4-6-11-18)13-19-15(2)12-17(3)9-7-8-16/h14-15H,4-13,16H2,1-3H3. The molecule has 0 radical (unpaired) electrons. The van der Waals surface area contributed by atoms with Crippen LogP contribution in [-0.4, -0.2) is 68.3 Å². The van der Waals surface area contributed by atoms with Crippen LogP contribution in [0.2, 0.25) is 0 Å². The van der Waals surface area contributed by atoms with E-state index in [9.17, 15) is 0 Å². The van der Waals surface area contributed by atoms with Gasteiger partial charge in [0.25, 0.3) is 0 Å². The minimum absolute atomic E-state index is 0.301. The molecule has 114 valence electrons. The van der Waals surface area contributed by atoms with E-state index >= 15 is 0 Å². The number of piperidine rings is 1. The number of nitrogens with zero attached hydrogens (tertiary/aromatic N) is 2. The largest absolute Gasteiger partial charge is 0.376 e. The molecule has 0 spiro atoms. The molecular formula is C15H33N3O. The van der Waals surface area contributed by atoms with Crippen molar-refractivity contribution in [1.82, 2.24) is 9.80 Å². The summed E-state index contributed by atoms with van der Waals surface area (Å²) < 4.78 is 5.99. The summed E-state index contributed by atoms with van der Waals surface area (Å²) >= 11 is 0. The van der Waals surface area contributed by atoms with Crippen molar-refractivity contribution in [3.63, 3.8) is 0 Å². The number of rotatable bonds is 9. The van der Waals surface area contributed by atoms with Gasteiger partial charge in [0.05, 0.1) is 12.7 Å². The Hall–Kier alpha value is -0.160. The fourth-order valence-electron chi connectivity index (χ4n) is 2.71. The second kappa shape index (κ2) is 9.70. The third-order valence-corrected chi connectivity index (χ3v) is 3.95. The highest BCUT2D eigenvalue weighted by Gasteiger charge is 2.17. The van der Waals surface area contributed by atoms with Gasteiger partial charge < -0.3 is 15.4 Å². The van der Waals surface area contributed by atoms with E-state index < -0.39 is 0 Å². The van der Waals surface area contributed by atoms with Gasteiger partial charge >= 0.3 is 0 Å². The second-order valence-corrected chi connectivity index (χ2v) is 5.99. The van der Waals surface area contributed by atoms with E-state index in [1.165, 1.54) is 32.4 Å². The lowest BCUT2D eigenvalue weighted by Crippen LogP contribution is -2.41. The van der Waals surface area contributed by atoms with Crippen molar-refractivity contribution in [1.29, 1.82) is 0 Å². The Labute approximate surface area is 119 Å². The van der Waals surface area contributed by atoms with E-state index in [0.29, 0.717) is 12.1 Å². The Morgan fingerprint density at radius 2 is 1.89 bits per heavy atom. The summed E-state index contributed by atoms with van der Waals surface area (Å²) in [6, 6.07) is 0.553. The molecule has 0 amide bonds. The number of hydrogen-bond acceptors (Lipinski definition) is 4. The van der Waals surface area contributed by atoms with Crippen LogP contribution < -0.4 is 5.73 Å². The van der Waals surface area contributed by atoms with Crippen LogP contribution in [0.1, 0.15) is 39.5 Å². The minimum Gasteiger partial charge on any atom is -0.376 e. The Bertz CT molecular complexity index is 219. The number of likely N-dealkylation sites (N-methyl/N-ethyl adjacent to an activating group) is 1. The number of ether oxygens (including phenoxy) is 1. The molecule has 0 aliphatic carbocycles. The third kappa shape index (κ3) is 7.25. The van der Waals surface area contributed by atoms with E-state index in [1.54, 1.807) is 0 Å². The van der Waals surface area contributed by atoms with Crippen molar-refractivity contribution in [3.05, 3.63) is 0 Å². The average Bonchev–Trinajstić information content (AvgIpc) is 2.43. The van der Waals surface area contributed by atoms with Crippen LogP contribution in [-0.2, 0) is 4.74 Å². The van der Waals surface area contributed by atoms with Gasteiger partial charge in [0.1, 0.15) is 0 Å². The Kier molecular flexibility index (Phi) is 8.62. The minimum atomic E-state index is 0.301. The molecule has 19 heavy (non-hydrogen) atoms. The summed E-state index contributed by atoms with van der Waals surface area (Å²) in [5.74, 6) is 0. The molecule has 0 bridgehead atoms. The van der Waals surface area contributed by atoms with Crippen LogP contribution in [0.3, 0.4) is 0 Å². The van der Waals surface area contributed by atoms with Crippen LogP contribution in [0.5, 0.6) is 0 Å². The van der Waals surface area contributed by atoms with Gasteiger partial charge in [-0.2, -0.15) is 0 Å². The van der Waals surface area contributed by atoms with Crippen LogP contribution >= 0.6 is 0 Å². The highest BCUT2D eigenvalue weighted by atomic mass is 16.5.